The zero-order valence-corrected chi connectivity index (χ0v) is 25.7. The van der Waals surface area contributed by atoms with Gasteiger partial charge in [-0.3, -0.25) is 0 Å². The Labute approximate surface area is 205 Å². The minimum Gasteiger partial charge on any atom is -0.547 e. The molecule has 0 N–H and O–H groups in total. The summed E-state index contributed by atoms with van der Waals surface area (Å²) in [7, 11) is -4.97. The van der Waals surface area contributed by atoms with Crippen LogP contribution in [0.5, 0.6) is 5.75 Å². The molecule has 1 fully saturated rings. The maximum Gasteiger partial charge on any atom is 0.242 e. The molecule has 0 bridgehead atoms. The van der Waals surface area contributed by atoms with Gasteiger partial charge in [0.15, 0.2) is 8.32 Å². The summed E-state index contributed by atoms with van der Waals surface area (Å²) >= 11 is 0. The van der Waals surface area contributed by atoms with Gasteiger partial charge < -0.3 is 13.3 Å². The van der Waals surface area contributed by atoms with Crippen LogP contribution in [0.25, 0.3) is 0 Å². The van der Waals surface area contributed by atoms with E-state index in [2.05, 4.69) is 90.1 Å². The Hall–Kier alpha value is -0.829. The molecule has 0 saturated heterocycles. The summed E-state index contributed by atoms with van der Waals surface area (Å²) in [6.45, 7) is 23.2. The largest absolute Gasteiger partial charge is 0.547 e. The summed E-state index contributed by atoms with van der Waals surface area (Å²) in [6.07, 6.45) is 7.33. The first-order valence-corrected chi connectivity index (χ1v) is 23.2. The van der Waals surface area contributed by atoms with Crippen LogP contribution < -0.4 is 4.43 Å². The average Bonchev–Trinajstić information content (AvgIpc) is 2.93. The molecule has 3 unspecified atom stereocenters. The molecule has 0 spiro atoms. The molecule has 1 saturated carbocycles. The van der Waals surface area contributed by atoms with E-state index in [0.717, 1.165) is 25.0 Å². The first kappa shape index (κ1) is 25.3. The molecule has 0 heterocycles. The third kappa shape index (κ3) is 5.39. The van der Waals surface area contributed by atoms with Crippen molar-refractivity contribution in [1.82, 2.24) is 0 Å². The van der Waals surface area contributed by atoms with Gasteiger partial charge in [0.05, 0.1) is 11.9 Å². The Balaban J connectivity index is 1.71. The lowest BCUT2D eigenvalue weighted by Crippen LogP contribution is -2.52. The zero-order chi connectivity index (χ0) is 24.4. The standard InChI is InChI=1S/C27H46O3Si3/c1-27-18-24(29-32(5,6)7)26-21-14-12-20(28-31(2,3)4)17-19(21)11-13-22(26)23(27)15-16-25(27)30-33(8,9)10/h12,14,16-17,22-24,26H,11,13,15,18H2,1-10H3/t22?,23?,24-,26?,27-/m0/s1. The van der Waals surface area contributed by atoms with Gasteiger partial charge in [0.25, 0.3) is 0 Å². The van der Waals surface area contributed by atoms with Crippen LogP contribution in [-0.2, 0) is 15.3 Å². The average molecular weight is 503 g/mol. The summed E-state index contributed by atoms with van der Waals surface area (Å²) in [5.74, 6) is 4.13. The van der Waals surface area contributed by atoms with Crippen LogP contribution in [0, 0.1) is 17.3 Å². The van der Waals surface area contributed by atoms with Gasteiger partial charge in [0, 0.05) is 11.3 Å². The van der Waals surface area contributed by atoms with E-state index in [-0.39, 0.29) is 11.5 Å². The molecule has 0 radical (unpaired) electrons. The van der Waals surface area contributed by atoms with Crippen molar-refractivity contribution in [3.05, 3.63) is 41.2 Å². The van der Waals surface area contributed by atoms with Crippen molar-refractivity contribution in [1.29, 1.82) is 0 Å². The number of rotatable bonds is 6. The normalized spacial score (nSPS) is 31.9. The van der Waals surface area contributed by atoms with Crippen molar-refractivity contribution < 1.29 is 13.3 Å². The lowest BCUT2D eigenvalue weighted by molar-refractivity contribution is -0.0310. The van der Waals surface area contributed by atoms with E-state index >= 15 is 0 Å². The highest BCUT2D eigenvalue weighted by molar-refractivity contribution is 6.70. The van der Waals surface area contributed by atoms with Crippen molar-refractivity contribution in [2.75, 3.05) is 0 Å². The maximum absolute atomic E-state index is 7.01. The van der Waals surface area contributed by atoms with Crippen LogP contribution in [0.3, 0.4) is 0 Å². The molecule has 3 aliphatic carbocycles. The lowest BCUT2D eigenvalue weighted by atomic mass is 9.54. The maximum atomic E-state index is 7.01. The van der Waals surface area contributed by atoms with Gasteiger partial charge in [0.1, 0.15) is 5.75 Å². The molecule has 1 aromatic rings. The lowest BCUT2D eigenvalue weighted by Gasteiger charge is -2.54. The van der Waals surface area contributed by atoms with Crippen LogP contribution in [0.2, 0.25) is 58.9 Å². The minimum absolute atomic E-state index is 0.101. The minimum atomic E-state index is -1.70. The summed E-state index contributed by atoms with van der Waals surface area (Å²) in [4.78, 5) is 0. The van der Waals surface area contributed by atoms with Crippen molar-refractivity contribution >= 4 is 25.0 Å². The highest BCUT2D eigenvalue weighted by Gasteiger charge is 2.57. The van der Waals surface area contributed by atoms with E-state index in [9.17, 15) is 0 Å². The molecule has 184 valence electrons. The van der Waals surface area contributed by atoms with Gasteiger partial charge in [-0.25, -0.2) is 0 Å². The summed E-state index contributed by atoms with van der Waals surface area (Å²) in [6, 6.07) is 6.95. The van der Waals surface area contributed by atoms with Crippen LogP contribution in [0.4, 0.5) is 0 Å². The molecular formula is C27H46O3Si3. The fraction of sp³-hybridized carbons (Fsp3) is 0.704. The van der Waals surface area contributed by atoms with E-state index in [1.807, 2.05) is 0 Å². The Morgan fingerprint density at radius 3 is 2.15 bits per heavy atom. The van der Waals surface area contributed by atoms with Crippen LogP contribution in [0.15, 0.2) is 30.0 Å². The van der Waals surface area contributed by atoms with Gasteiger partial charge in [-0.05, 0) is 126 Å². The topological polar surface area (TPSA) is 27.7 Å². The highest BCUT2D eigenvalue weighted by atomic mass is 28.4. The smallest absolute Gasteiger partial charge is 0.242 e. The third-order valence-corrected chi connectivity index (χ3v) is 10.2. The monoisotopic (exact) mass is 502 g/mol. The Bertz CT molecular complexity index is 922. The van der Waals surface area contributed by atoms with Crippen molar-refractivity contribution in [3.8, 4) is 5.75 Å². The molecule has 4 rings (SSSR count). The van der Waals surface area contributed by atoms with Crippen LogP contribution in [-0.4, -0.2) is 31.1 Å². The summed E-state index contributed by atoms with van der Waals surface area (Å²) in [5, 5.41) is 0. The van der Waals surface area contributed by atoms with Crippen LogP contribution in [0.1, 0.15) is 43.2 Å². The number of fused-ring (bicyclic) bond motifs is 5. The molecule has 6 heteroatoms. The molecule has 0 aromatic heterocycles. The van der Waals surface area contributed by atoms with Crippen molar-refractivity contribution in [2.24, 2.45) is 17.3 Å². The van der Waals surface area contributed by atoms with E-state index in [1.165, 1.54) is 23.3 Å². The van der Waals surface area contributed by atoms with E-state index in [1.54, 1.807) is 0 Å². The fourth-order valence-corrected chi connectivity index (χ4v) is 9.56. The first-order chi connectivity index (χ1) is 15.1. The molecule has 0 aliphatic heterocycles. The van der Waals surface area contributed by atoms with Gasteiger partial charge in [-0.2, -0.15) is 0 Å². The van der Waals surface area contributed by atoms with Crippen LogP contribution >= 0.6 is 0 Å². The number of hydrogen-bond acceptors (Lipinski definition) is 3. The Morgan fingerprint density at radius 1 is 0.879 bits per heavy atom. The molecule has 3 nitrogen and oxygen atoms in total. The summed E-state index contributed by atoms with van der Waals surface area (Å²) in [5.41, 5.74) is 3.12. The second-order valence-corrected chi connectivity index (χ2v) is 27.1. The quantitative estimate of drug-likeness (QED) is 0.370. The Kier molecular flexibility index (Phi) is 6.42. The predicted octanol–water partition coefficient (Wildman–Crippen LogP) is 7.93. The van der Waals surface area contributed by atoms with E-state index in [0.29, 0.717) is 17.8 Å². The van der Waals surface area contributed by atoms with Gasteiger partial charge in [-0.15, -0.1) is 0 Å². The molecule has 0 amide bonds. The van der Waals surface area contributed by atoms with Crippen molar-refractivity contribution in [3.63, 3.8) is 0 Å². The molecule has 33 heavy (non-hydrogen) atoms. The third-order valence-electron chi connectivity index (χ3n) is 7.51. The van der Waals surface area contributed by atoms with Gasteiger partial charge >= 0.3 is 0 Å². The number of benzene rings is 1. The number of hydrogen-bond donors (Lipinski definition) is 0. The van der Waals surface area contributed by atoms with Crippen molar-refractivity contribution in [2.45, 2.75) is 104 Å². The predicted molar refractivity (Wildman–Crippen MR) is 147 cm³/mol. The zero-order valence-electron chi connectivity index (χ0n) is 22.7. The number of allylic oxidation sites excluding steroid dienone is 2. The Morgan fingerprint density at radius 2 is 1.55 bits per heavy atom. The summed E-state index contributed by atoms with van der Waals surface area (Å²) < 4.78 is 20.1. The molecular weight excluding hydrogens is 457 g/mol. The van der Waals surface area contributed by atoms with Gasteiger partial charge in [0.2, 0.25) is 16.6 Å². The fourth-order valence-electron chi connectivity index (χ4n) is 6.61. The molecule has 3 aliphatic rings. The van der Waals surface area contributed by atoms with Gasteiger partial charge in [-0.1, -0.05) is 13.0 Å². The number of aryl methyl sites for hydroxylation is 1. The second kappa shape index (κ2) is 8.39. The second-order valence-electron chi connectivity index (χ2n) is 13.8. The van der Waals surface area contributed by atoms with E-state index < -0.39 is 25.0 Å². The van der Waals surface area contributed by atoms with E-state index in [4.69, 9.17) is 13.3 Å². The first-order valence-electron chi connectivity index (χ1n) is 13.0. The molecule has 5 atom stereocenters. The SMILES string of the molecule is C[C@]12C[C@H](O[Si](C)(C)C)C3c4ccc(O[Si](C)(C)C)cc4CCC3C1CC=C2O[Si](C)(C)C. The molecule has 1 aromatic carbocycles. The highest BCUT2D eigenvalue weighted by Crippen LogP contribution is 2.62.